The van der Waals surface area contributed by atoms with Crippen LogP contribution in [0.3, 0.4) is 0 Å². The molecule has 2 aliphatic heterocycles. The lowest BCUT2D eigenvalue weighted by molar-refractivity contribution is 0.377. The molecule has 272 valence electrons. The molecule has 2 heterocycles. The maximum absolute atomic E-state index is 4.08. The van der Waals surface area contributed by atoms with Crippen LogP contribution in [0.1, 0.15) is 157 Å². The molecular weight excluding hydrogens is 605 g/mol. The highest BCUT2D eigenvalue weighted by Crippen LogP contribution is 2.34. The first-order valence-electron chi connectivity index (χ1n) is 19.2. The molecule has 50 heavy (non-hydrogen) atoms. The van der Waals surface area contributed by atoms with E-state index in [-0.39, 0.29) is 0 Å². The Hall–Kier alpha value is -3.26. The molecule has 2 heteroatoms. The van der Waals surface area contributed by atoms with Crippen molar-refractivity contribution in [3.63, 3.8) is 0 Å². The van der Waals surface area contributed by atoms with Crippen LogP contribution in [0.4, 0.5) is 0 Å². The first-order valence-corrected chi connectivity index (χ1v) is 19.2. The van der Waals surface area contributed by atoms with Gasteiger partial charge in [0, 0.05) is 37.7 Å². The van der Waals surface area contributed by atoms with Crippen LogP contribution < -0.4 is 0 Å². The SMILES string of the molecule is CC(C)(C)CC1=CN=CC1.CC(C)(C)CC1=Cc2ccccc2C1.CC(C)(C)CCC1=CN=CC1.CC(C)(C)CCC1=Cc2ccccc2C1. The molecule has 0 unspecified atom stereocenters. The lowest BCUT2D eigenvalue weighted by Crippen LogP contribution is -2.06. The number of benzene rings is 2. The van der Waals surface area contributed by atoms with Crippen LogP contribution >= 0.6 is 0 Å². The van der Waals surface area contributed by atoms with Gasteiger partial charge in [0.2, 0.25) is 0 Å². The van der Waals surface area contributed by atoms with Gasteiger partial charge in [0.1, 0.15) is 0 Å². The van der Waals surface area contributed by atoms with Crippen molar-refractivity contribution >= 4 is 24.6 Å². The van der Waals surface area contributed by atoms with E-state index in [9.17, 15) is 0 Å². The summed E-state index contributed by atoms with van der Waals surface area (Å²) in [6, 6.07) is 17.4. The third kappa shape index (κ3) is 17.1. The molecule has 0 N–H and O–H groups in total. The van der Waals surface area contributed by atoms with E-state index in [0.717, 1.165) is 19.3 Å². The lowest BCUT2D eigenvalue weighted by Gasteiger charge is -2.18. The van der Waals surface area contributed by atoms with Crippen molar-refractivity contribution in [3.05, 3.63) is 105 Å². The Morgan fingerprint density at radius 2 is 0.860 bits per heavy atom. The van der Waals surface area contributed by atoms with Gasteiger partial charge in [-0.1, -0.05) is 155 Å². The number of hydrogen-bond acceptors (Lipinski definition) is 2. The van der Waals surface area contributed by atoms with Crippen molar-refractivity contribution in [3.8, 4) is 0 Å². The fourth-order valence-electron chi connectivity index (χ4n) is 6.46. The van der Waals surface area contributed by atoms with Gasteiger partial charge in [-0.3, -0.25) is 9.98 Å². The maximum atomic E-state index is 4.08. The summed E-state index contributed by atoms with van der Waals surface area (Å²) >= 11 is 0. The smallest absolute Gasteiger partial charge is 0.0259 e. The quantitative estimate of drug-likeness (QED) is 0.291. The summed E-state index contributed by atoms with van der Waals surface area (Å²) in [7, 11) is 0. The maximum Gasteiger partial charge on any atom is 0.0259 e. The number of nitrogens with zero attached hydrogens (tertiary/aromatic N) is 2. The molecule has 0 spiro atoms. The fourth-order valence-corrected chi connectivity index (χ4v) is 6.46. The highest BCUT2D eigenvalue weighted by molar-refractivity contribution is 5.66. The molecule has 0 bridgehead atoms. The Bertz CT molecular complexity index is 1560. The average molecular weight is 675 g/mol. The van der Waals surface area contributed by atoms with Crippen molar-refractivity contribution < 1.29 is 0 Å². The molecule has 2 aliphatic carbocycles. The van der Waals surface area contributed by atoms with Crippen molar-refractivity contribution in [2.24, 2.45) is 31.6 Å². The Morgan fingerprint density at radius 3 is 1.28 bits per heavy atom. The van der Waals surface area contributed by atoms with Gasteiger partial charge < -0.3 is 0 Å². The summed E-state index contributed by atoms with van der Waals surface area (Å²) in [5.74, 6) is 0. The highest BCUT2D eigenvalue weighted by atomic mass is 14.7. The average Bonchev–Trinajstić information content (AvgIpc) is 3.81. The second-order valence-corrected chi connectivity index (χ2v) is 19.6. The van der Waals surface area contributed by atoms with Crippen LogP contribution in [-0.4, -0.2) is 12.4 Å². The number of aliphatic imine (C=N–C) groups is 2. The molecular formula is C48H70N2. The predicted molar refractivity (Wildman–Crippen MR) is 224 cm³/mol. The van der Waals surface area contributed by atoms with E-state index < -0.39 is 0 Å². The van der Waals surface area contributed by atoms with E-state index in [4.69, 9.17) is 0 Å². The zero-order valence-electron chi connectivity index (χ0n) is 34.0. The van der Waals surface area contributed by atoms with Crippen LogP contribution in [0, 0.1) is 21.7 Å². The van der Waals surface area contributed by atoms with Crippen molar-refractivity contribution in [2.45, 2.75) is 147 Å². The summed E-state index contributed by atoms with van der Waals surface area (Å²) in [4.78, 5) is 8.14. The number of allylic oxidation sites excluding steroid dienone is 4. The molecule has 0 atom stereocenters. The molecule has 2 aromatic rings. The van der Waals surface area contributed by atoms with Crippen molar-refractivity contribution in [1.29, 1.82) is 0 Å². The zero-order chi connectivity index (χ0) is 37.0. The topological polar surface area (TPSA) is 24.7 Å². The van der Waals surface area contributed by atoms with E-state index in [1.165, 1.54) is 78.3 Å². The second kappa shape index (κ2) is 18.3. The Balaban J connectivity index is 0.000000183. The highest BCUT2D eigenvalue weighted by Gasteiger charge is 2.19. The van der Waals surface area contributed by atoms with Crippen LogP contribution in [0.2, 0.25) is 0 Å². The Kier molecular flexibility index (Phi) is 15.1. The lowest BCUT2D eigenvalue weighted by atomic mass is 9.87. The predicted octanol–water partition coefficient (Wildman–Crippen LogP) is 14.5. The Morgan fingerprint density at radius 1 is 0.460 bits per heavy atom. The van der Waals surface area contributed by atoms with Crippen molar-refractivity contribution in [2.75, 3.05) is 0 Å². The molecule has 2 nitrogen and oxygen atoms in total. The van der Waals surface area contributed by atoms with Crippen LogP contribution in [-0.2, 0) is 12.8 Å². The molecule has 0 saturated carbocycles. The van der Waals surface area contributed by atoms with Gasteiger partial charge in [-0.15, -0.1) is 0 Å². The largest absolute Gasteiger partial charge is 0.269 e. The van der Waals surface area contributed by atoms with E-state index in [0.29, 0.717) is 21.7 Å². The fraction of sp³-hybridized carbons (Fsp3) is 0.542. The number of rotatable bonds is 6. The van der Waals surface area contributed by atoms with Gasteiger partial charge in [-0.05, 0) is 106 Å². The summed E-state index contributed by atoms with van der Waals surface area (Å²) in [5.41, 5.74) is 13.7. The van der Waals surface area contributed by atoms with Gasteiger partial charge in [0.15, 0.2) is 0 Å². The van der Waals surface area contributed by atoms with Gasteiger partial charge in [0.25, 0.3) is 0 Å². The van der Waals surface area contributed by atoms with Gasteiger partial charge in [0.05, 0.1) is 0 Å². The number of fused-ring (bicyclic) bond motifs is 2. The summed E-state index contributed by atoms with van der Waals surface area (Å²) in [5, 5.41) is 0. The van der Waals surface area contributed by atoms with Gasteiger partial charge in [-0.25, -0.2) is 0 Å². The van der Waals surface area contributed by atoms with E-state index in [1.54, 1.807) is 11.1 Å². The monoisotopic (exact) mass is 675 g/mol. The summed E-state index contributed by atoms with van der Waals surface area (Å²) < 4.78 is 0. The van der Waals surface area contributed by atoms with Crippen LogP contribution in [0.25, 0.3) is 12.2 Å². The first-order chi connectivity index (χ1) is 23.2. The molecule has 0 radical (unpaired) electrons. The van der Waals surface area contributed by atoms with Gasteiger partial charge >= 0.3 is 0 Å². The third-order valence-corrected chi connectivity index (χ3v) is 9.00. The van der Waals surface area contributed by atoms with Crippen LogP contribution in [0.5, 0.6) is 0 Å². The molecule has 0 amide bonds. The minimum atomic E-state index is 0.411. The van der Waals surface area contributed by atoms with Crippen LogP contribution in [0.15, 0.2) is 93.2 Å². The molecule has 0 saturated heterocycles. The van der Waals surface area contributed by atoms with E-state index >= 15 is 0 Å². The number of hydrogen-bond donors (Lipinski definition) is 0. The van der Waals surface area contributed by atoms with E-state index in [2.05, 4.69) is 154 Å². The second-order valence-electron chi connectivity index (χ2n) is 19.6. The summed E-state index contributed by atoms with van der Waals surface area (Å²) in [6.45, 7) is 27.5. The first kappa shape index (κ1) is 41.2. The zero-order valence-corrected chi connectivity index (χ0v) is 34.0. The summed E-state index contributed by atoms with van der Waals surface area (Å²) in [6.07, 6.45) is 24.6. The Labute approximate surface area is 308 Å². The molecule has 2 aromatic carbocycles. The van der Waals surface area contributed by atoms with E-state index in [1.807, 2.05) is 24.8 Å². The normalized spacial score (nSPS) is 16.1. The molecule has 4 aliphatic rings. The minimum Gasteiger partial charge on any atom is -0.269 e. The third-order valence-electron chi connectivity index (χ3n) is 9.00. The standard InChI is InChI=1S/C15H20.C14H18.C10H17N.C9H15N/c1-15(2,3)9-8-12-10-13-6-4-5-7-14(13)11-12;1-14(2,3)10-11-8-12-6-4-5-7-13(12)9-11;1-10(2,3)6-4-9-5-7-11-8-9;1-9(2,3)6-8-4-5-10-7-8/h4-7,10H,8-9,11H2,1-3H3;4-8H,9-10H2,1-3H3;7-8H,4-6H2,1-3H3;5,7H,4,6H2,1-3H3. The minimum absolute atomic E-state index is 0.411. The molecule has 0 fully saturated rings. The molecule has 6 rings (SSSR count). The van der Waals surface area contributed by atoms with Gasteiger partial charge in [-0.2, -0.15) is 0 Å². The van der Waals surface area contributed by atoms with Crippen molar-refractivity contribution in [1.82, 2.24) is 0 Å². The molecule has 0 aromatic heterocycles.